The van der Waals surface area contributed by atoms with E-state index in [0.717, 1.165) is 11.3 Å². The summed E-state index contributed by atoms with van der Waals surface area (Å²) in [5, 5.41) is 7.30. The molecule has 0 saturated heterocycles. The van der Waals surface area contributed by atoms with Crippen molar-refractivity contribution in [2.24, 2.45) is 0 Å². The Labute approximate surface area is 162 Å². The van der Waals surface area contributed by atoms with Crippen molar-refractivity contribution in [3.05, 3.63) is 66.0 Å². The quantitative estimate of drug-likeness (QED) is 0.713. The normalized spacial score (nSPS) is 12.5. The molecular weight excluding hydrogens is 358 g/mol. The first kappa shape index (κ1) is 17.9. The molecule has 0 fully saturated rings. The van der Waals surface area contributed by atoms with Gasteiger partial charge in [-0.05, 0) is 36.2 Å². The Balaban J connectivity index is 1.38. The standard InChI is InChI=1S/C21H21N3O4/c1-26-18-11-16(12-19-20(18)28-10-9-27-19)21(25)22-8-7-15-13-23-24(14-15)17-5-3-2-4-6-17/h2-6,11-14H,7-10H2,1H3,(H,22,25). The lowest BCUT2D eigenvalue weighted by Gasteiger charge is -2.21. The van der Waals surface area contributed by atoms with E-state index in [2.05, 4.69) is 10.4 Å². The summed E-state index contributed by atoms with van der Waals surface area (Å²) < 4.78 is 18.3. The Bertz CT molecular complexity index is 952. The molecule has 0 unspecified atom stereocenters. The van der Waals surface area contributed by atoms with Gasteiger partial charge in [0.05, 0.1) is 19.0 Å². The van der Waals surface area contributed by atoms with E-state index in [-0.39, 0.29) is 5.91 Å². The zero-order chi connectivity index (χ0) is 19.3. The van der Waals surface area contributed by atoms with Crippen molar-refractivity contribution in [3.8, 4) is 22.9 Å². The van der Waals surface area contributed by atoms with Gasteiger partial charge in [-0.25, -0.2) is 4.68 Å². The van der Waals surface area contributed by atoms with Crippen molar-refractivity contribution in [2.75, 3.05) is 26.9 Å². The third-order valence-electron chi connectivity index (χ3n) is 4.45. The smallest absolute Gasteiger partial charge is 0.251 e. The predicted molar refractivity (Wildman–Crippen MR) is 104 cm³/mol. The van der Waals surface area contributed by atoms with E-state index >= 15 is 0 Å². The fourth-order valence-corrected chi connectivity index (χ4v) is 3.04. The highest BCUT2D eigenvalue weighted by molar-refractivity contribution is 5.95. The number of ether oxygens (including phenoxy) is 3. The fraction of sp³-hybridized carbons (Fsp3) is 0.238. The Morgan fingerprint density at radius 1 is 1.21 bits per heavy atom. The SMILES string of the molecule is COc1cc(C(=O)NCCc2cnn(-c3ccccc3)c2)cc2c1OCCO2. The number of para-hydroxylation sites is 1. The van der Waals surface area contributed by atoms with Crippen molar-refractivity contribution in [1.29, 1.82) is 0 Å². The Morgan fingerprint density at radius 2 is 2.04 bits per heavy atom. The van der Waals surface area contributed by atoms with Crippen molar-refractivity contribution in [1.82, 2.24) is 15.1 Å². The number of rotatable bonds is 6. The van der Waals surface area contributed by atoms with Gasteiger partial charge >= 0.3 is 0 Å². The molecule has 0 saturated carbocycles. The molecule has 1 amide bonds. The minimum absolute atomic E-state index is 0.189. The van der Waals surface area contributed by atoms with Crippen LogP contribution >= 0.6 is 0 Å². The van der Waals surface area contributed by atoms with E-state index in [1.165, 1.54) is 0 Å². The molecular formula is C21H21N3O4. The molecule has 1 aromatic heterocycles. The number of methoxy groups -OCH3 is 1. The number of aromatic nitrogens is 2. The molecule has 2 heterocycles. The highest BCUT2D eigenvalue weighted by Gasteiger charge is 2.20. The molecule has 4 rings (SSSR count). The third-order valence-corrected chi connectivity index (χ3v) is 4.45. The van der Waals surface area contributed by atoms with Crippen LogP contribution < -0.4 is 19.5 Å². The van der Waals surface area contributed by atoms with Crippen LogP contribution in [-0.2, 0) is 6.42 Å². The Morgan fingerprint density at radius 3 is 2.86 bits per heavy atom. The Kier molecular flexibility index (Phi) is 5.14. The molecule has 0 bridgehead atoms. The molecule has 3 aromatic rings. The topological polar surface area (TPSA) is 74.6 Å². The molecule has 2 aromatic carbocycles. The van der Waals surface area contributed by atoms with Gasteiger partial charge in [0.15, 0.2) is 11.5 Å². The number of hydrogen-bond donors (Lipinski definition) is 1. The van der Waals surface area contributed by atoms with E-state index in [0.29, 0.717) is 49.0 Å². The largest absolute Gasteiger partial charge is 0.493 e. The number of nitrogens with one attached hydrogen (secondary N) is 1. The van der Waals surface area contributed by atoms with E-state index < -0.39 is 0 Å². The average Bonchev–Trinajstić information content (AvgIpc) is 3.22. The average molecular weight is 379 g/mol. The summed E-state index contributed by atoms with van der Waals surface area (Å²) in [5.74, 6) is 1.37. The lowest BCUT2D eigenvalue weighted by Crippen LogP contribution is -2.26. The van der Waals surface area contributed by atoms with Gasteiger partial charge in [0.25, 0.3) is 5.91 Å². The minimum Gasteiger partial charge on any atom is -0.493 e. The monoisotopic (exact) mass is 379 g/mol. The van der Waals surface area contributed by atoms with Crippen LogP contribution in [0.25, 0.3) is 5.69 Å². The summed E-state index contributed by atoms with van der Waals surface area (Å²) in [5.41, 5.74) is 2.52. The zero-order valence-electron chi connectivity index (χ0n) is 15.6. The highest BCUT2D eigenvalue weighted by atomic mass is 16.6. The molecule has 0 aliphatic carbocycles. The lowest BCUT2D eigenvalue weighted by atomic mass is 10.1. The van der Waals surface area contributed by atoms with Gasteiger partial charge in [0.2, 0.25) is 5.75 Å². The van der Waals surface area contributed by atoms with E-state index in [1.54, 1.807) is 19.2 Å². The van der Waals surface area contributed by atoms with Crippen LogP contribution in [0.2, 0.25) is 0 Å². The van der Waals surface area contributed by atoms with Gasteiger partial charge in [0.1, 0.15) is 13.2 Å². The summed E-state index contributed by atoms with van der Waals surface area (Å²) in [6.45, 7) is 1.41. The molecule has 0 atom stereocenters. The molecule has 1 N–H and O–H groups in total. The van der Waals surface area contributed by atoms with Crippen LogP contribution in [0.1, 0.15) is 15.9 Å². The van der Waals surface area contributed by atoms with Crippen LogP contribution in [0.5, 0.6) is 17.2 Å². The number of hydrogen-bond acceptors (Lipinski definition) is 5. The van der Waals surface area contributed by atoms with E-state index in [1.807, 2.05) is 47.4 Å². The van der Waals surface area contributed by atoms with Gasteiger partial charge in [-0.3, -0.25) is 4.79 Å². The lowest BCUT2D eigenvalue weighted by molar-refractivity contribution is 0.0952. The maximum Gasteiger partial charge on any atom is 0.251 e. The molecule has 7 nitrogen and oxygen atoms in total. The maximum absolute atomic E-state index is 12.5. The number of carbonyl (C=O) groups is 1. The van der Waals surface area contributed by atoms with Crippen LogP contribution in [0.3, 0.4) is 0 Å². The molecule has 7 heteroatoms. The summed E-state index contributed by atoms with van der Waals surface area (Å²) in [6, 6.07) is 13.2. The van der Waals surface area contributed by atoms with Crippen LogP contribution in [0.15, 0.2) is 54.9 Å². The third kappa shape index (κ3) is 3.78. The first-order valence-corrected chi connectivity index (χ1v) is 9.09. The van der Waals surface area contributed by atoms with E-state index in [9.17, 15) is 4.79 Å². The number of benzene rings is 2. The van der Waals surface area contributed by atoms with E-state index in [4.69, 9.17) is 14.2 Å². The van der Waals surface area contributed by atoms with Crippen LogP contribution in [0, 0.1) is 0 Å². The van der Waals surface area contributed by atoms with Crippen molar-refractivity contribution in [3.63, 3.8) is 0 Å². The summed E-state index contributed by atoms with van der Waals surface area (Å²) in [7, 11) is 1.54. The van der Waals surface area contributed by atoms with Crippen LogP contribution in [-0.4, -0.2) is 42.6 Å². The number of carbonyl (C=O) groups excluding carboxylic acids is 1. The number of fused-ring (bicyclic) bond motifs is 1. The molecule has 0 radical (unpaired) electrons. The van der Waals surface area contributed by atoms with Gasteiger partial charge in [-0.2, -0.15) is 5.10 Å². The Hall–Kier alpha value is -3.48. The highest BCUT2D eigenvalue weighted by Crippen LogP contribution is 2.40. The van der Waals surface area contributed by atoms with Crippen LogP contribution in [0.4, 0.5) is 0 Å². The van der Waals surface area contributed by atoms with Gasteiger partial charge < -0.3 is 19.5 Å². The summed E-state index contributed by atoms with van der Waals surface area (Å²) in [4.78, 5) is 12.5. The molecule has 144 valence electrons. The van der Waals surface area contributed by atoms with Crippen molar-refractivity contribution in [2.45, 2.75) is 6.42 Å². The number of nitrogens with zero attached hydrogens (tertiary/aromatic N) is 2. The van der Waals surface area contributed by atoms with Gasteiger partial charge in [0, 0.05) is 18.3 Å². The first-order chi connectivity index (χ1) is 13.7. The summed E-state index contributed by atoms with van der Waals surface area (Å²) in [6.07, 6.45) is 4.46. The second-order valence-electron chi connectivity index (χ2n) is 6.34. The molecule has 1 aliphatic rings. The maximum atomic E-state index is 12.5. The predicted octanol–water partition coefficient (Wildman–Crippen LogP) is 2.62. The minimum atomic E-state index is -0.189. The fourth-order valence-electron chi connectivity index (χ4n) is 3.04. The second kappa shape index (κ2) is 8.04. The second-order valence-corrected chi connectivity index (χ2v) is 6.34. The zero-order valence-corrected chi connectivity index (χ0v) is 15.6. The molecule has 0 spiro atoms. The van der Waals surface area contributed by atoms with Gasteiger partial charge in [-0.1, -0.05) is 18.2 Å². The van der Waals surface area contributed by atoms with Gasteiger partial charge in [-0.15, -0.1) is 0 Å². The molecule has 28 heavy (non-hydrogen) atoms. The molecule has 1 aliphatic heterocycles. The van der Waals surface area contributed by atoms with Crippen molar-refractivity contribution >= 4 is 5.91 Å². The number of amides is 1. The summed E-state index contributed by atoms with van der Waals surface area (Å²) >= 11 is 0. The first-order valence-electron chi connectivity index (χ1n) is 9.09. The van der Waals surface area contributed by atoms with Crippen molar-refractivity contribution < 1.29 is 19.0 Å².